The van der Waals surface area contributed by atoms with Crippen molar-refractivity contribution >= 4 is 23.5 Å². The van der Waals surface area contributed by atoms with Crippen LogP contribution in [0.2, 0.25) is 5.02 Å². The Labute approximate surface area is 134 Å². The average Bonchev–Trinajstić information content (AvgIpc) is 2.48. The molecule has 0 radical (unpaired) electrons. The van der Waals surface area contributed by atoms with Crippen molar-refractivity contribution in [2.45, 2.75) is 32.3 Å². The summed E-state index contributed by atoms with van der Waals surface area (Å²) in [6.07, 6.45) is 1.30. The van der Waals surface area contributed by atoms with Crippen LogP contribution in [0.25, 0.3) is 0 Å². The normalized spacial score (nSPS) is 18.9. The lowest BCUT2D eigenvalue weighted by Gasteiger charge is -2.36. The molecule has 1 N–H and O–H groups in total. The summed E-state index contributed by atoms with van der Waals surface area (Å²) >= 11 is 5.83. The first-order valence-corrected chi connectivity index (χ1v) is 7.64. The minimum atomic E-state index is -1.06. The van der Waals surface area contributed by atoms with Gasteiger partial charge in [-0.15, -0.1) is 0 Å². The molecule has 0 unspecified atom stereocenters. The molecule has 0 aliphatic carbocycles. The molecule has 1 aliphatic heterocycles. The number of nitrogens with zero attached hydrogens (tertiary/aromatic N) is 1. The van der Waals surface area contributed by atoms with E-state index < -0.39 is 17.5 Å². The third kappa shape index (κ3) is 3.91. The molecule has 22 heavy (non-hydrogen) atoms. The summed E-state index contributed by atoms with van der Waals surface area (Å²) in [6.45, 7) is 4.18. The van der Waals surface area contributed by atoms with Crippen molar-refractivity contribution in [1.29, 1.82) is 0 Å². The number of likely N-dealkylation sites (tertiary alicyclic amines) is 1. The van der Waals surface area contributed by atoms with E-state index in [1.54, 1.807) is 43.0 Å². The van der Waals surface area contributed by atoms with Crippen LogP contribution in [-0.4, -0.2) is 40.6 Å². The minimum absolute atomic E-state index is 0.201. The topological polar surface area (TPSA) is 66.8 Å². The molecule has 0 bridgehead atoms. The third-order valence-electron chi connectivity index (χ3n) is 3.76. The van der Waals surface area contributed by atoms with Crippen molar-refractivity contribution in [2.24, 2.45) is 5.92 Å². The maximum absolute atomic E-state index is 12.6. The van der Waals surface area contributed by atoms with Crippen LogP contribution in [0.5, 0.6) is 5.75 Å². The van der Waals surface area contributed by atoms with E-state index in [4.69, 9.17) is 21.4 Å². The molecule has 1 saturated heterocycles. The van der Waals surface area contributed by atoms with Gasteiger partial charge in [0.25, 0.3) is 5.91 Å². The van der Waals surface area contributed by atoms with E-state index in [1.165, 1.54) is 0 Å². The highest BCUT2D eigenvalue weighted by atomic mass is 35.5. The Morgan fingerprint density at radius 2 is 1.95 bits per heavy atom. The van der Waals surface area contributed by atoms with Gasteiger partial charge in [0, 0.05) is 18.1 Å². The van der Waals surface area contributed by atoms with Gasteiger partial charge in [-0.1, -0.05) is 11.6 Å². The van der Waals surface area contributed by atoms with Gasteiger partial charge in [0.05, 0.1) is 5.92 Å². The number of carboxylic acid groups (broad SMARTS) is 1. The average molecular weight is 326 g/mol. The van der Waals surface area contributed by atoms with E-state index in [0.717, 1.165) is 0 Å². The van der Waals surface area contributed by atoms with Crippen molar-refractivity contribution in [3.05, 3.63) is 29.3 Å². The van der Waals surface area contributed by atoms with E-state index >= 15 is 0 Å². The lowest BCUT2D eigenvalue weighted by atomic mass is 9.96. The number of piperidine rings is 1. The maximum atomic E-state index is 12.6. The summed E-state index contributed by atoms with van der Waals surface area (Å²) in [5.74, 6) is -0.999. The van der Waals surface area contributed by atoms with Gasteiger partial charge in [-0.05, 0) is 51.0 Å². The predicted octanol–water partition coefficient (Wildman–Crippen LogP) is 2.82. The first-order chi connectivity index (χ1) is 10.3. The number of hydrogen-bond acceptors (Lipinski definition) is 3. The van der Waals surface area contributed by atoms with Crippen LogP contribution in [-0.2, 0) is 9.59 Å². The van der Waals surface area contributed by atoms with Crippen LogP contribution < -0.4 is 4.74 Å². The second kappa shape index (κ2) is 6.57. The fraction of sp³-hybridized carbons (Fsp3) is 0.500. The molecule has 5 nitrogen and oxygen atoms in total. The van der Waals surface area contributed by atoms with E-state index in [2.05, 4.69) is 0 Å². The third-order valence-corrected chi connectivity index (χ3v) is 4.01. The van der Waals surface area contributed by atoms with Crippen molar-refractivity contribution in [3.8, 4) is 5.75 Å². The number of benzene rings is 1. The SMILES string of the molecule is CC(C)(Oc1ccc(Cl)cc1)C(=O)N1CCC[C@@H](C(=O)O)C1. The Hall–Kier alpha value is -1.75. The Bertz CT molecular complexity index is 556. The van der Waals surface area contributed by atoms with E-state index in [-0.39, 0.29) is 12.5 Å². The monoisotopic (exact) mass is 325 g/mol. The lowest BCUT2D eigenvalue weighted by molar-refractivity contribution is -0.151. The summed E-state index contributed by atoms with van der Waals surface area (Å²) in [4.78, 5) is 25.3. The molecule has 1 amide bonds. The highest BCUT2D eigenvalue weighted by molar-refractivity contribution is 6.30. The van der Waals surface area contributed by atoms with Crippen LogP contribution >= 0.6 is 11.6 Å². The van der Waals surface area contributed by atoms with E-state index in [9.17, 15) is 9.59 Å². The number of rotatable bonds is 4. The maximum Gasteiger partial charge on any atom is 0.308 e. The van der Waals surface area contributed by atoms with Crippen LogP contribution in [0.3, 0.4) is 0 Å². The van der Waals surface area contributed by atoms with Gasteiger partial charge >= 0.3 is 5.97 Å². The Morgan fingerprint density at radius 3 is 2.55 bits per heavy atom. The first-order valence-electron chi connectivity index (χ1n) is 7.26. The molecule has 1 fully saturated rings. The van der Waals surface area contributed by atoms with Crippen LogP contribution in [0, 0.1) is 5.92 Å². The Morgan fingerprint density at radius 1 is 1.32 bits per heavy atom. The smallest absolute Gasteiger partial charge is 0.308 e. The zero-order chi connectivity index (χ0) is 16.3. The van der Waals surface area contributed by atoms with Gasteiger partial charge < -0.3 is 14.7 Å². The molecule has 0 aromatic heterocycles. The molecule has 1 aromatic carbocycles. The second-order valence-corrected chi connectivity index (χ2v) is 6.43. The number of carboxylic acids is 1. The summed E-state index contributed by atoms with van der Waals surface area (Å²) in [5, 5.41) is 9.71. The molecule has 1 aromatic rings. The molecule has 120 valence electrons. The molecule has 2 rings (SSSR count). The van der Waals surface area contributed by atoms with Gasteiger partial charge in [-0.2, -0.15) is 0 Å². The van der Waals surface area contributed by atoms with Gasteiger partial charge in [0.15, 0.2) is 5.60 Å². The summed E-state index contributed by atoms with van der Waals surface area (Å²) in [7, 11) is 0. The Kier molecular flexibility index (Phi) is 4.96. The van der Waals surface area contributed by atoms with Gasteiger partial charge in [-0.25, -0.2) is 0 Å². The van der Waals surface area contributed by atoms with E-state index in [0.29, 0.717) is 30.2 Å². The lowest BCUT2D eigenvalue weighted by Crippen LogP contribution is -2.52. The molecular formula is C16H20ClNO4. The van der Waals surface area contributed by atoms with Crippen molar-refractivity contribution in [1.82, 2.24) is 4.90 Å². The zero-order valence-electron chi connectivity index (χ0n) is 12.7. The molecule has 1 heterocycles. The molecule has 1 aliphatic rings. The van der Waals surface area contributed by atoms with Gasteiger partial charge in [-0.3, -0.25) is 9.59 Å². The number of halogens is 1. The summed E-state index contributed by atoms with van der Waals surface area (Å²) < 4.78 is 5.77. The molecule has 1 atom stereocenters. The highest BCUT2D eigenvalue weighted by Crippen LogP contribution is 2.25. The molecular weight excluding hydrogens is 306 g/mol. The van der Waals surface area contributed by atoms with Crippen molar-refractivity contribution in [2.75, 3.05) is 13.1 Å². The number of carbonyl (C=O) groups excluding carboxylic acids is 1. The van der Waals surface area contributed by atoms with Crippen LogP contribution in [0.4, 0.5) is 0 Å². The summed E-state index contributed by atoms with van der Waals surface area (Å²) in [6, 6.07) is 6.79. The molecule has 0 saturated carbocycles. The van der Waals surface area contributed by atoms with Crippen molar-refractivity contribution < 1.29 is 19.4 Å². The van der Waals surface area contributed by atoms with Crippen LogP contribution in [0.15, 0.2) is 24.3 Å². The number of ether oxygens (including phenoxy) is 1. The minimum Gasteiger partial charge on any atom is -0.481 e. The zero-order valence-corrected chi connectivity index (χ0v) is 13.5. The predicted molar refractivity (Wildman–Crippen MR) is 83.1 cm³/mol. The standard InChI is InChI=1S/C16H20ClNO4/c1-16(2,22-13-7-5-12(17)6-8-13)15(21)18-9-3-4-11(10-18)14(19)20/h5-8,11H,3-4,9-10H2,1-2H3,(H,19,20)/t11-/m1/s1. The van der Waals surface area contributed by atoms with E-state index in [1.807, 2.05) is 0 Å². The fourth-order valence-corrected chi connectivity index (χ4v) is 2.71. The highest BCUT2D eigenvalue weighted by Gasteiger charge is 2.37. The molecule has 6 heteroatoms. The summed E-state index contributed by atoms with van der Waals surface area (Å²) in [5.41, 5.74) is -1.06. The number of carbonyl (C=O) groups is 2. The number of aliphatic carboxylic acids is 1. The van der Waals surface area contributed by atoms with Crippen LogP contribution in [0.1, 0.15) is 26.7 Å². The first kappa shape index (κ1) is 16.6. The Balaban J connectivity index is 2.06. The second-order valence-electron chi connectivity index (χ2n) is 5.99. The number of hydrogen-bond donors (Lipinski definition) is 1. The quantitative estimate of drug-likeness (QED) is 0.924. The number of amides is 1. The van der Waals surface area contributed by atoms with Crippen molar-refractivity contribution in [3.63, 3.8) is 0 Å². The fourth-order valence-electron chi connectivity index (χ4n) is 2.58. The largest absolute Gasteiger partial charge is 0.481 e. The van der Waals surface area contributed by atoms with Gasteiger partial charge in [0.2, 0.25) is 0 Å². The van der Waals surface area contributed by atoms with Gasteiger partial charge in [0.1, 0.15) is 5.75 Å². The molecule has 0 spiro atoms.